The van der Waals surface area contributed by atoms with Crippen molar-refractivity contribution in [1.82, 2.24) is 14.7 Å². The summed E-state index contributed by atoms with van der Waals surface area (Å²) in [7, 11) is -0.993. The molecule has 11 nitrogen and oxygen atoms in total. The second kappa shape index (κ2) is 23.3. The Morgan fingerprint density at radius 3 is 1.56 bits per heavy atom. The molecule has 1 aliphatic rings. The van der Waals surface area contributed by atoms with E-state index in [4.69, 9.17) is 51.5 Å². The fourth-order valence-electron chi connectivity index (χ4n) is 5.85. The van der Waals surface area contributed by atoms with Crippen LogP contribution in [0.5, 0.6) is 0 Å². The molecule has 1 N–H and O–H groups in total. The summed E-state index contributed by atoms with van der Waals surface area (Å²) in [4.78, 5) is 35.3. The number of carbonyl (C=O) groups is 3. The largest absolute Gasteiger partial charge is 1.00 e. The van der Waals surface area contributed by atoms with Crippen LogP contribution in [0.3, 0.4) is 0 Å². The normalized spacial score (nSPS) is 14.6. The first-order valence-electron chi connectivity index (χ1n) is 17.4. The standard InChI is InChI=1S/C19H23ClF3N5O3S.C9H5Cl2F3O.C9H6ClF3O2.Na/c1-26-5-3-4-16(11-26)28(17-10-24-27(2)12-17)32(30,31)25-18(29)8-13-6-14(19(21,22)23)9-15(20)7-13;10-7-2-5(3-8(11)15)1-6(4-7)9(12,13)14;10-7-2-5(3-8(14)15)1-6(4-7)9(11,12)13;/h6-7,9-10,12,16H,3-5,8,11H2,1-2H3,(H,25,29);1-2,4H,3H2;1-2,4H,3H2,(H,14,15);/q;;;+1/p-1. The van der Waals surface area contributed by atoms with E-state index in [0.29, 0.717) is 13.0 Å². The molecule has 0 saturated carbocycles. The fourth-order valence-corrected chi connectivity index (χ4v) is 8.09. The first-order valence-corrected chi connectivity index (χ1v) is 20.3. The number of nitrogens with zero attached hydrogens (tertiary/aromatic N) is 5. The van der Waals surface area contributed by atoms with Gasteiger partial charge in [-0.15, -0.1) is 0 Å². The van der Waals surface area contributed by atoms with Gasteiger partial charge in [0.25, 0.3) is 0 Å². The van der Waals surface area contributed by atoms with E-state index in [0.717, 1.165) is 53.7 Å². The summed E-state index contributed by atoms with van der Waals surface area (Å²) in [6.45, 7) is 1.24. The molecule has 0 radical (unpaired) electrons. The number of likely N-dealkylation sites (N-methyl/N-ethyl adjacent to an activating group) is 1. The van der Waals surface area contributed by atoms with E-state index in [2.05, 4.69) is 9.82 Å². The molecular weight excluding hydrogens is 978 g/mol. The Bertz CT molecular complexity index is 2280. The molecule has 26 heteroatoms. The molecule has 1 atom stereocenters. The third-order valence-electron chi connectivity index (χ3n) is 8.25. The molecule has 1 unspecified atom stereocenters. The number of carboxylic acids is 1. The maximum atomic E-state index is 13.1. The molecule has 63 heavy (non-hydrogen) atoms. The van der Waals surface area contributed by atoms with Gasteiger partial charge in [-0.3, -0.25) is 18.6 Å². The zero-order valence-electron chi connectivity index (χ0n) is 32.9. The number of halogens is 13. The number of anilines is 1. The van der Waals surface area contributed by atoms with Crippen molar-refractivity contribution in [2.75, 3.05) is 24.4 Å². The van der Waals surface area contributed by atoms with Crippen LogP contribution >= 0.6 is 46.4 Å². The van der Waals surface area contributed by atoms with Gasteiger partial charge in [-0.2, -0.15) is 44.6 Å². The summed E-state index contributed by atoms with van der Waals surface area (Å²) < 4.78 is 145. The van der Waals surface area contributed by atoms with E-state index in [1.165, 1.54) is 35.3 Å². The fraction of sp³-hybridized carbons (Fsp3) is 0.351. The number of piperidine rings is 1. The minimum atomic E-state index is -4.66. The number of amides is 1. The van der Waals surface area contributed by atoms with E-state index >= 15 is 0 Å². The van der Waals surface area contributed by atoms with Crippen LogP contribution in [-0.4, -0.2) is 71.5 Å². The van der Waals surface area contributed by atoms with Gasteiger partial charge in [0.1, 0.15) is 0 Å². The average molecular weight is 1010 g/mol. The number of likely N-dealkylation sites (tertiary alicyclic amines) is 1. The average Bonchev–Trinajstić information content (AvgIpc) is 3.51. The molecule has 1 amide bonds. The van der Waals surface area contributed by atoms with Gasteiger partial charge in [0, 0.05) is 47.7 Å². The van der Waals surface area contributed by atoms with E-state index in [9.17, 15) is 62.3 Å². The van der Waals surface area contributed by atoms with Crippen LogP contribution in [-0.2, 0) is 69.4 Å². The van der Waals surface area contributed by atoms with Crippen LogP contribution in [0.2, 0.25) is 15.1 Å². The summed E-state index contributed by atoms with van der Waals surface area (Å²) in [5.74, 6) is -2.30. The first kappa shape index (κ1) is 55.9. The van der Waals surface area contributed by atoms with Gasteiger partial charge in [0.15, 0.2) is 10.2 Å². The molecule has 5 rings (SSSR count). The number of alkyl halides is 9. The van der Waals surface area contributed by atoms with E-state index in [-0.39, 0.29) is 73.4 Å². The number of carbonyl (C=O) groups excluding carboxylic acids is 2. The second-order valence-electron chi connectivity index (χ2n) is 13.5. The van der Waals surface area contributed by atoms with Gasteiger partial charge >= 0.3 is 54.1 Å². The van der Waals surface area contributed by atoms with Crippen LogP contribution < -0.4 is 33.9 Å². The second-order valence-corrected chi connectivity index (χ2v) is 16.7. The third kappa shape index (κ3) is 18.6. The number of carboxylic acid groups (broad SMARTS) is 1. The third-order valence-corrected chi connectivity index (χ3v) is 10.5. The zero-order valence-corrected chi connectivity index (χ0v) is 38.8. The van der Waals surface area contributed by atoms with Crippen LogP contribution in [0.1, 0.15) is 46.2 Å². The molecule has 0 aliphatic carbocycles. The summed E-state index contributed by atoms with van der Waals surface area (Å²) in [6.07, 6.45) is -10.9. The smallest absolute Gasteiger partial charge is 0.528 e. The molecule has 1 fully saturated rings. The predicted octanol–water partition coefficient (Wildman–Crippen LogP) is 7.04. The van der Waals surface area contributed by atoms with Crippen molar-refractivity contribution >= 4 is 79.4 Å². The molecule has 0 spiro atoms. The van der Waals surface area contributed by atoms with Crippen molar-refractivity contribution in [1.29, 1.82) is 0 Å². The van der Waals surface area contributed by atoms with Crippen LogP contribution in [0.25, 0.3) is 4.72 Å². The Kier molecular flexibility index (Phi) is 20.6. The van der Waals surface area contributed by atoms with Gasteiger partial charge in [0.2, 0.25) is 5.24 Å². The predicted molar refractivity (Wildman–Crippen MR) is 212 cm³/mol. The molecule has 1 aliphatic heterocycles. The van der Waals surface area contributed by atoms with Crippen molar-refractivity contribution in [3.05, 3.63) is 120 Å². The van der Waals surface area contributed by atoms with E-state index < -0.39 is 81.4 Å². The van der Waals surface area contributed by atoms with Crippen LogP contribution in [0, 0.1) is 0 Å². The molecule has 1 saturated heterocycles. The number of aryl methyl sites for hydroxylation is 1. The Hall–Kier alpha value is -3.28. The molecule has 0 bridgehead atoms. The first-order chi connectivity index (χ1) is 28.4. The van der Waals surface area contributed by atoms with Gasteiger partial charge < -0.3 is 19.5 Å². The number of hydrogen-bond donors (Lipinski definition) is 1. The summed E-state index contributed by atoms with van der Waals surface area (Å²) in [5.41, 5.74) is -2.50. The van der Waals surface area contributed by atoms with Crippen molar-refractivity contribution in [2.45, 2.75) is 56.7 Å². The number of benzene rings is 3. The summed E-state index contributed by atoms with van der Waals surface area (Å²) >= 11 is 21.7. The maximum Gasteiger partial charge on any atom is 1.00 e. The van der Waals surface area contributed by atoms with Crippen molar-refractivity contribution in [2.24, 2.45) is 7.05 Å². The van der Waals surface area contributed by atoms with E-state index in [1.54, 1.807) is 7.05 Å². The molecule has 4 aromatic rings. The van der Waals surface area contributed by atoms with Gasteiger partial charge in [0.05, 0.1) is 46.9 Å². The maximum absolute atomic E-state index is 13.1. The molecule has 3 aromatic carbocycles. The Labute approximate surface area is 396 Å². The molecule has 2 heterocycles. The number of aliphatic carboxylic acids is 1. The minimum absolute atomic E-state index is 0. The number of hydrogen-bond acceptors (Lipinski definition) is 7. The van der Waals surface area contributed by atoms with Crippen LogP contribution in [0.4, 0.5) is 45.2 Å². The van der Waals surface area contributed by atoms with Crippen molar-refractivity contribution < 1.29 is 97.0 Å². The SMILES string of the molecule is CN1CCCC(N(c2cnn(C)c2)S(=O)(=O)[N-]C(=O)Cc2cc(Cl)cc(C(F)(F)F)c2)C1.O=C(Cl)Cc1cc(Cl)cc(C(F)(F)F)c1.O=C(O)Cc1cc(Cl)cc(C(F)(F)F)c1.[Na+]. The summed E-state index contributed by atoms with van der Waals surface area (Å²) in [6, 6.07) is 7.84. The minimum Gasteiger partial charge on any atom is -0.528 e. The van der Waals surface area contributed by atoms with Gasteiger partial charge in [-0.1, -0.05) is 34.8 Å². The summed E-state index contributed by atoms with van der Waals surface area (Å²) in [5, 5.41) is 11.3. The van der Waals surface area contributed by atoms with Gasteiger partial charge in [-0.05, 0) is 109 Å². The van der Waals surface area contributed by atoms with Crippen LogP contribution in [0.15, 0.2) is 67.0 Å². The topological polar surface area (TPSA) is 144 Å². The van der Waals surface area contributed by atoms with Crippen molar-refractivity contribution in [3.8, 4) is 0 Å². The zero-order chi connectivity index (χ0) is 47.0. The Morgan fingerprint density at radius 1 is 0.762 bits per heavy atom. The van der Waals surface area contributed by atoms with E-state index in [1.807, 2.05) is 11.9 Å². The monoisotopic (exact) mass is 1010 g/mol. The van der Waals surface area contributed by atoms with Gasteiger partial charge in [-0.25, -0.2) is 8.42 Å². The Balaban J connectivity index is 0.000000367. The van der Waals surface area contributed by atoms with Crippen molar-refractivity contribution in [3.63, 3.8) is 0 Å². The number of aromatic nitrogens is 2. The Morgan fingerprint density at radius 2 is 1.19 bits per heavy atom. The number of rotatable bonds is 10. The molecular formula is C37H33Cl4F9N5NaO6S. The molecule has 340 valence electrons. The molecule has 1 aromatic heterocycles. The quantitative estimate of drug-likeness (QED) is 0.101.